The molecule has 0 spiro atoms. The number of rotatable bonds is 0. The standard InChI is InChI=1S/C4.2Na/c1-3-4-2;;/q-2;2*+1. The Morgan fingerprint density at radius 3 is 1.00 bits per heavy atom. The van der Waals surface area contributed by atoms with Gasteiger partial charge in [-0.05, 0) is 0 Å². The average molecular weight is 94.0 g/mol. The fourth-order valence-electron chi connectivity index (χ4n) is 0. The van der Waals surface area contributed by atoms with Gasteiger partial charge in [-0.3, -0.25) is 0 Å². The molecule has 0 unspecified atom stereocenters. The maximum absolute atomic E-state index is 5.90. The Hall–Kier alpha value is 1.12. The van der Waals surface area contributed by atoms with Gasteiger partial charge < -0.3 is 24.7 Å². The van der Waals surface area contributed by atoms with E-state index >= 15 is 0 Å². The molecule has 0 saturated heterocycles. The van der Waals surface area contributed by atoms with E-state index < -0.39 is 0 Å². The Bertz CT molecular complexity index is 60.5. The smallest absolute Gasteiger partial charge is 0.500 e. The van der Waals surface area contributed by atoms with Crippen molar-refractivity contribution in [3.8, 4) is 11.8 Å². The van der Waals surface area contributed by atoms with Crippen molar-refractivity contribution in [3.05, 3.63) is 12.8 Å². The van der Waals surface area contributed by atoms with Crippen molar-refractivity contribution in [2.45, 2.75) is 0 Å². The van der Waals surface area contributed by atoms with Crippen LogP contribution in [0.15, 0.2) is 0 Å². The van der Waals surface area contributed by atoms with Gasteiger partial charge in [0.2, 0.25) is 0 Å². The van der Waals surface area contributed by atoms with E-state index in [-0.39, 0.29) is 59.1 Å². The van der Waals surface area contributed by atoms with Crippen LogP contribution in [0.25, 0.3) is 0 Å². The fourth-order valence-corrected chi connectivity index (χ4v) is 0. The minimum Gasteiger partial charge on any atom is -0.500 e. The first-order chi connectivity index (χ1) is 1.91. The van der Waals surface area contributed by atoms with Gasteiger partial charge in [0, 0.05) is 0 Å². The summed E-state index contributed by atoms with van der Waals surface area (Å²) in [5.41, 5.74) is 0. The van der Waals surface area contributed by atoms with Crippen molar-refractivity contribution in [1.29, 1.82) is 0 Å². The summed E-state index contributed by atoms with van der Waals surface area (Å²) in [4.78, 5) is 0. The first kappa shape index (κ1) is 15.7. The Labute approximate surface area is 82.7 Å². The summed E-state index contributed by atoms with van der Waals surface area (Å²) >= 11 is 0. The zero-order chi connectivity index (χ0) is 3.41. The van der Waals surface area contributed by atoms with Crippen molar-refractivity contribution >= 4 is 0 Å². The Morgan fingerprint density at radius 2 is 1.00 bits per heavy atom. The van der Waals surface area contributed by atoms with Crippen LogP contribution in [0.5, 0.6) is 0 Å². The molecule has 0 bridgehead atoms. The molecule has 0 rings (SSSR count). The predicted molar refractivity (Wildman–Crippen MR) is 14.3 cm³/mol. The average Bonchev–Trinajstić information content (AvgIpc) is 1.37. The number of hydrogen-bond donors (Lipinski definition) is 0. The quantitative estimate of drug-likeness (QED) is 0.159. The molecule has 0 heterocycles. The van der Waals surface area contributed by atoms with Crippen LogP contribution in [0.2, 0.25) is 0 Å². The van der Waals surface area contributed by atoms with Crippen molar-refractivity contribution in [1.82, 2.24) is 0 Å². The Morgan fingerprint density at radius 1 is 0.833 bits per heavy atom. The van der Waals surface area contributed by atoms with Crippen molar-refractivity contribution in [3.63, 3.8) is 0 Å². The number of hydrogen-bond acceptors (Lipinski definition) is 0. The van der Waals surface area contributed by atoms with E-state index in [2.05, 4.69) is 0 Å². The molecule has 0 nitrogen and oxygen atoms in total. The van der Waals surface area contributed by atoms with Gasteiger partial charge in [0.15, 0.2) is 0 Å². The summed E-state index contributed by atoms with van der Waals surface area (Å²) in [6.07, 6.45) is 11.8. The van der Waals surface area contributed by atoms with Gasteiger partial charge in [-0.25, -0.2) is 0 Å². The van der Waals surface area contributed by atoms with E-state index in [1.54, 1.807) is 11.8 Å². The molecule has 0 aliphatic heterocycles. The van der Waals surface area contributed by atoms with Crippen molar-refractivity contribution < 1.29 is 59.1 Å². The zero-order valence-electron chi connectivity index (χ0n) is 4.00. The van der Waals surface area contributed by atoms with Gasteiger partial charge >= 0.3 is 59.1 Å². The molecule has 0 N–H and O–H groups in total. The van der Waals surface area contributed by atoms with Crippen molar-refractivity contribution in [2.24, 2.45) is 0 Å². The van der Waals surface area contributed by atoms with Gasteiger partial charge in [0.1, 0.15) is 0 Å². The van der Waals surface area contributed by atoms with Gasteiger partial charge in [-0.1, -0.05) is 0 Å². The molecule has 6 heavy (non-hydrogen) atoms. The first-order valence-electron chi connectivity index (χ1n) is 0.750. The summed E-state index contributed by atoms with van der Waals surface area (Å²) in [6, 6.07) is 0. The Kier molecular flexibility index (Phi) is 43.2. The third-order valence-corrected chi connectivity index (χ3v) is 0.0625. The van der Waals surface area contributed by atoms with E-state index in [1.807, 2.05) is 0 Å². The normalized spacial score (nSPS) is 1.67. The molecule has 0 amide bonds. The molecule has 18 valence electrons. The summed E-state index contributed by atoms with van der Waals surface area (Å²) in [5, 5.41) is 0. The minimum absolute atomic E-state index is 0. The van der Waals surface area contributed by atoms with Crippen LogP contribution in [0.3, 0.4) is 0 Å². The van der Waals surface area contributed by atoms with Crippen LogP contribution < -0.4 is 59.1 Å². The summed E-state index contributed by atoms with van der Waals surface area (Å²) in [5.74, 6) is 3.19. The molecule has 2 heteroatoms. The molecule has 0 saturated carbocycles. The molecule has 0 aromatic carbocycles. The van der Waals surface area contributed by atoms with Crippen molar-refractivity contribution in [2.75, 3.05) is 0 Å². The summed E-state index contributed by atoms with van der Waals surface area (Å²) < 4.78 is 0. The van der Waals surface area contributed by atoms with Crippen LogP contribution in [-0.2, 0) is 0 Å². The van der Waals surface area contributed by atoms with Crippen LogP contribution in [-0.4, -0.2) is 0 Å². The van der Waals surface area contributed by atoms with Gasteiger partial charge in [-0.15, -0.1) is 0 Å². The molecule has 0 aliphatic rings. The Balaban J connectivity index is -0.0000000450. The second-order valence-electron chi connectivity index (χ2n) is 0.250. The third-order valence-electron chi connectivity index (χ3n) is 0.0625. The maximum atomic E-state index is 5.90. The molecular formula is C4Na2. The SMILES string of the molecule is [C-]#CC#[C-].[Na+].[Na+]. The predicted octanol–water partition coefficient (Wildman–Crippen LogP) is -5.83. The second-order valence-corrected chi connectivity index (χ2v) is 0.250. The summed E-state index contributed by atoms with van der Waals surface area (Å²) in [6.45, 7) is 0. The minimum atomic E-state index is 0. The first-order valence-corrected chi connectivity index (χ1v) is 0.750. The maximum Gasteiger partial charge on any atom is 1.00 e. The molecular weight excluding hydrogens is 94.0 g/mol. The van der Waals surface area contributed by atoms with Crippen LogP contribution in [0.1, 0.15) is 0 Å². The molecule has 0 aliphatic carbocycles. The van der Waals surface area contributed by atoms with Crippen LogP contribution in [0.4, 0.5) is 0 Å². The molecule has 0 aromatic rings. The van der Waals surface area contributed by atoms with Crippen LogP contribution >= 0.6 is 0 Å². The molecule has 0 fully saturated rings. The third kappa shape index (κ3) is 19.3. The molecule has 0 aromatic heterocycles. The zero-order valence-corrected chi connectivity index (χ0v) is 8.00. The van der Waals surface area contributed by atoms with Gasteiger partial charge in [-0.2, -0.15) is 0 Å². The van der Waals surface area contributed by atoms with E-state index in [1.165, 1.54) is 0 Å². The monoisotopic (exact) mass is 94.0 g/mol. The van der Waals surface area contributed by atoms with E-state index in [0.717, 1.165) is 0 Å². The molecule has 0 atom stereocenters. The second kappa shape index (κ2) is 16.5. The molecule has 0 radical (unpaired) electrons. The fraction of sp³-hybridized carbons (Fsp3) is 0. The van der Waals surface area contributed by atoms with Gasteiger partial charge in [0.05, 0.1) is 0 Å². The van der Waals surface area contributed by atoms with Gasteiger partial charge in [0.25, 0.3) is 0 Å². The van der Waals surface area contributed by atoms with E-state index in [9.17, 15) is 0 Å². The van der Waals surface area contributed by atoms with Crippen LogP contribution in [0, 0.1) is 24.7 Å². The summed E-state index contributed by atoms with van der Waals surface area (Å²) in [7, 11) is 0. The van der Waals surface area contributed by atoms with E-state index in [0.29, 0.717) is 0 Å². The van der Waals surface area contributed by atoms with E-state index in [4.69, 9.17) is 12.8 Å². The largest absolute Gasteiger partial charge is 1.00 e. The topological polar surface area (TPSA) is 0 Å².